The van der Waals surface area contributed by atoms with Gasteiger partial charge in [-0.1, -0.05) is 0 Å². The van der Waals surface area contributed by atoms with Crippen molar-refractivity contribution in [3.05, 3.63) is 32.7 Å². The second kappa shape index (κ2) is 2.96. The van der Waals surface area contributed by atoms with Crippen LogP contribution in [0.25, 0.3) is 0 Å². The molecule has 0 aliphatic carbocycles. The van der Waals surface area contributed by atoms with Crippen LogP contribution in [0.4, 0.5) is 8.78 Å². The van der Waals surface area contributed by atoms with Gasteiger partial charge >= 0.3 is 0 Å². The summed E-state index contributed by atoms with van der Waals surface area (Å²) >= 11 is 5.64. The van der Waals surface area contributed by atoms with Crippen LogP contribution in [0.2, 0.25) is 0 Å². The van der Waals surface area contributed by atoms with Crippen LogP contribution in [0.1, 0.15) is 0 Å². The first-order valence-electron chi connectivity index (χ1n) is 2.26. The van der Waals surface area contributed by atoms with Gasteiger partial charge in [0.05, 0.1) is 15.0 Å². The van der Waals surface area contributed by atoms with Gasteiger partial charge in [0, 0.05) is 6.07 Å². The smallest absolute Gasteiger partial charge is 0.149 e. The number of halogens is 4. The zero-order chi connectivity index (χ0) is 7.72. The Morgan fingerprint density at radius 2 is 1.30 bits per heavy atom. The molecule has 1 aromatic carbocycles. The highest BCUT2D eigenvalue weighted by Crippen LogP contribution is 2.22. The lowest BCUT2D eigenvalue weighted by atomic mass is 10.3. The second-order valence-corrected chi connectivity index (χ2v) is 3.09. The predicted octanol–water partition coefficient (Wildman–Crippen LogP) is 3.09. The quantitative estimate of drug-likeness (QED) is 0.635. The second-order valence-electron chi connectivity index (χ2n) is 1.51. The molecule has 0 amide bonds. The maximum atomic E-state index is 12.4. The van der Waals surface area contributed by atoms with Crippen molar-refractivity contribution in [2.75, 3.05) is 0 Å². The van der Waals surface area contributed by atoms with Gasteiger partial charge in [0.2, 0.25) is 0 Å². The Bertz CT molecular complexity index is 210. The van der Waals surface area contributed by atoms with Crippen LogP contribution >= 0.6 is 31.9 Å². The molecule has 0 atom stereocenters. The van der Waals surface area contributed by atoms with Crippen LogP contribution in [0, 0.1) is 23.8 Å². The van der Waals surface area contributed by atoms with E-state index in [2.05, 4.69) is 37.9 Å². The number of hydrogen-bond acceptors (Lipinski definition) is 0. The lowest BCUT2D eigenvalue weighted by Gasteiger charge is -1.94. The summed E-state index contributed by atoms with van der Waals surface area (Å²) in [5.74, 6) is -1.55. The molecular formula is C6Br2F2. The van der Waals surface area contributed by atoms with E-state index in [1.807, 2.05) is 6.07 Å². The summed E-state index contributed by atoms with van der Waals surface area (Å²) in [6, 6.07) is 4.21. The van der Waals surface area contributed by atoms with Gasteiger partial charge in [-0.3, -0.25) is 0 Å². The van der Waals surface area contributed by atoms with Crippen LogP contribution in [0.15, 0.2) is 8.95 Å². The van der Waals surface area contributed by atoms with Gasteiger partial charge in [-0.2, -0.15) is 0 Å². The van der Waals surface area contributed by atoms with Gasteiger partial charge in [0.1, 0.15) is 11.6 Å². The highest BCUT2D eigenvalue weighted by atomic mass is 79.9. The first kappa shape index (κ1) is 8.14. The van der Waals surface area contributed by atoms with Crippen LogP contribution in [0.5, 0.6) is 0 Å². The minimum Gasteiger partial charge on any atom is -0.205 e. The average Bonchev–Trinajstić information content (AvgIpc) is 1.84. The molecule has 0 aliphatic heterocycles. The molecule has 0 aliphatic rings. The van der Waals surface area contributed by atoms with E-state index in [0.29, 0.717) is 0 Å². The molecule has 0 saturated heterocycles. The highest BCUT2D eigenvalue weighted by molar-refractivity contribution is 9.11. The van der Waals surface area contributed by atoms with E-state index in [1.54, 1.807) is 0 Å². The van der Waals surface area contributed by atoms with Crippen LogP contribution in [-0.4, -0.2) is 0 Å². The molecular weight excluding hydrogens is 270 g/mol. The van der Waals surface area contributed by atoms with E-state index in [9.17, 15) is 8.78 Å². The molecule has 0 aromatic heterocycles. The predicted molar refractivity (Wildman–Crippen MR) is 39.4 cm³/mol. The Kier molecular flexibility index (Phi) is 2.41. The number of hydrogen-bond donors (Lipinski definition) is 0. The van der Waals surface area contributed by atoms with Crippen molar-refractivity contribution in [3.63, 3.8) is 0 Å². The molecule has 4 heteroatoms. The third kappa shape index (κ3) is 1.55. The Morgan fingerprint density at radius 1 is 0.900 bits per heavy atom. The number of benzene rings is 1. The topological polar surface area (TPSA) is 0 Å². The Balaban J connectivity index is 3.28. The fraction of sp³-hybridized carbons (Fsp3) is 0. The summed E-state index contributed by atoms with van der Waals surface area (Å²) in [4.78, 5) is 0. The standard InChI is InChI=1S/C6Br2F2/c7-3-1-4(8)6(10)2-5(3)9. The molecule has 0 bridgehead atoms. The Morgan fingerprint density at radius 3 is 1.60 bits per heavy atom. The largest absolute Gasteiger partial charge is 0.205 e. The first-order chi connectivity index (χ1) is 4.61. The van der Waals surface area contributed by atoms with Gasteiger partial charge in [-0.05, 0) is 31.9 Å². The molecule has 10 heavy (non-hydrogen) atoms. The normalized spacial score (nSPS) is 10.0. The van der Waals surface area contributed by atoms with Crippen LogP contribution in [0.3, 0.4) is 0 Å². The summed E-state index contributed by atoms with van der Waals surface area (Å²) in [5, 5.41) is 0. The minimum atomic E-state index is -0.777. The highest BCUT2D eigenvalue weighted by Gasteiger charge is 2.05. The van der Waals surface area contributed by atoms with Gasteiger partial charge in [-0.25, -0.2) is 8.78 Å². The van der Waals surface area contributed by atoms with Gasteiger partial charge in [0.25, 0.3) is 0 Å². The summed E-state index contributed by atoms with van der Waals surface area (Å²) in [5.41, 5.74) is 0. The SMILES string of the molecule is Fc1[c]c(F)c(Br)[c]c1Br. The lowest BCUT2D eigenvalue weighted by molar-refractivity contribution is 0.570. The van der Waals surface area contributed by atoms with E-state index in [0.717, 1.165) is 0 Å². The summed E-state index contributed by atoms with van der Waals surface area (Å²) in [6.07, 6.45) is 0. The zero-order valence-electron chi connectivity index (χ0n) is 4.51. The first-order valence-corrected chi connectivity index (χ1v) is 3.84. The van der Waals surface area contributed by atoms with Crippen LogP contribution < -0.4 is 0 Å². The molecule has 52 valence electrons. The summed E-state index contributed by atoms with van der Waals surface area (Å²) < 4.78 is 24.9. The molecule has 0 spiro atoms. The third-order valence-electron chi connectivity index (χ3n) is 0.824. The molecule has 0 heterocycles. The van der Waals surface area contributed by atoms with Crippen molar-refractivity contribution >= 4 is 31.9 Å². The average molecular weight is 270 g/mol. The zero-order valence-corrected chi connectivity index (χ0v) is 7.68. The van der Waals surface area contributed by atoms with Crippen molar-refractivity contribution < 1.29 is 8.78 Å². The maximum absolute atomic E-state index is 12.4. The van der Waals surface area contributed by atoms with E-state index in [-0.39, 0.29) is 8.95 Å². The molecule has 0 fully saturated rings. The van der Waals surface area contributed by atoms with Gasteiger partial charge in [-0.15, -0.1) is 0 Å². The van der Waals surface area contributed by atoms with Gasteiger partial charge < -0.3 is 0 Å². The molecule has 1 rings (SSSR count). The number of rotatable bonds is 0. The molecule has 1 aromatic rings. The molecule has 2 radical (unpaired) electrons. The van der Waals surface area contributed by atoms with Crippen molar-refractivity contribution in [2.24, 2.45) is 0 Å². The van der Waals surface area contributed by atoms with E-state index in [1.165, 1.54) is 0 Å². The molecule has 0 unspecified atom stereocenters. The maximum Gasteiger partial charge on any atom is 0.149 e. The minimum absolute atomic E-state index is 0.0702. The summed E-state index contributed by atoms with van der Waals surface area (Å²) in [6.45, 7) is 0. The van der Waals surface area contributed by atoms with E-state index >= 15 is 0 Å². The molecule has 0 N–H and O–H groups in total. The molecule has 0 saturated carbocycles. The van der Waals surface area contributed by atoms with Crippen molar-refractivity contribution in [3.8, 4) is 0 Å². The van der Waals surface area contributed by atoms with Crippen molar-refractivity contribution in [1.82, 2.24) is 0 Å². The van der Waals surface area contributed by atoms with Crippen molar-refractivity contribution in [1.29, 1.82) is 0 Å². The van der Waals surface area contributed by atoms with E-state index in [4.69, 9.17) is 0 Å². The van der Waals surface area contributed by atoms with E-state index < -0.39 is 11.6 Å². The Labute approximate surface area is 73.5 Å². The van der Waals surface area contributed by atoms with Gasteiger partial charge in [0.15, 0.2) is 0 Å². The Hall–Kier alpha value is 0.0400. The lowest BCUT2D eigenvalue weighted by Crippen LogP contribution is -1.83. The monoisotopic (exact) mass is 268 g/mol. The third-order valence-corrected chi connectivity index (χ3v) is 1.92. The molecule has 0 nitrogen and oxygen atoms in total. The summed E-state index contributed by atoms with van der Waals surface area (Å²) in [7, 11) is 0. The fourth-order valence-corrected chi connectivity index (χ4v) is 1.27. The van der Waals surface area contributed by atoms with Crippen molar-refractivity contribution in [2.45, 2.75) is 0 Å². The van der Waals surface area contributed by atoms with Crippen LogP contribution in [-0.2, 0) is 0 Å². The fourth-order valence-electron chi connectivity index (χ4n) is 0.412.